The van der Waals surface area contributed by atoms with E-state index < -0.39 is 10.0 Å². The topological polar surface area (TPSA) is 52.7 Å². The molecule has 1 N–H and O–H groups in total. The van der Waals surface area contributed by atoms with Gasteiger partial charge in [-0.1, -0.05) is 0 Å². The second-order valence-electron chi connectivity index (χ2n) is 4.84. The van der Waals surface area contributed by atoms with Crippen LogP contribution >= 0.6 is 0 Å². The number of hydrogen-bond donors (Lipinski definition) is 1. The van der Waals surface area contributed by atoms with Gasteiger partial charge in [-0.15, -0.1) is 0 Å². The van der Waals surface area contributed by atoms with Gasteiger partial charge in [0.25, 0.3) is 0 Å². The van der Waals surface area contributed by atoms with E-state index >= 15 is 0 Å². The van der Waals surface area contributed by atoms with Crippen LogP contribution in [-0.2, 0) is 10.0 Å². The van der Waals surface area contributed by atoms with Crippen molar-refractivity contribution < 1.29 is 8.42 Å². The first kappa shape index (κ1) is 13.9. The van der Waals surface area contributed by atoms with Crippen molar-refractivity contribution in [3.63, 3.8) is 0 Å². The largest absolute Gasteiger partial charge is 0.303 e. The van der Waals surface area contributed by atoms with E-state index in [9.17, 15) is 8.42 Å². The van der Waals surface area contributed by atoms with Crippen molar-refractivity contribution >= 4 is 10.0 Å². The minimum atomic E-state index is -3.13. The monoisotopic (exact) mass is 249 g/mol. The summed E-state index contributed by atoms with van der Waals surface area (Å²) >= 11 is 0. The van der Waals surface area contributed by atoms with Gasteiger partial charge >= 0.3 is 0 Å². The van der Waals surface area contributed by atoms with Crippen LogP contribution in [0.5, 0.6) is 0 Å². The van der Waals surface area contributed by atoms with Crippen LogP contribution in [0.2, 0.25) is 0 Å². The highest BCUT2D eigenvalue weighted by molar-refractivity contribution is 7.90. The molecule has 1 aliphatic rings. The lowest BCUT2D eigenvalue weighted by Crippen LogP contribution is -2.54. The molecule has 1 unspecified atom stereocenters. The Kier molecular flexibility index (Phi) is 4.73. The number of sulfonamides is 1. The molecule has 0 aromatic heterocycles. The summed E-state index contributed by atoms with van der Waals surface area (Å²) in [5, 5.41) is -0.362. The maximum atomic E-state index is 11.6. The van der Waals surface area contributed by atoms with Gasteiger partial charge in [0.05, 0.1) is 5.25 Å². The van der Waals surface area contributed by atoms with Gasteiger partial charge in [0.2, 0.25) is 10.0 Å². The van der Waals surface area contributed by atoms with Crippen LogP contribution in [-0.4, -0.2) is 69.8 Å². The lowest BCUT2D eigenvalue weighted by molar-refractivity contribution is 0.117. The molecule has 1 fully saturated rings. The normalized spacial score (nSPS) is 25.2. The molecule has 0 amide bonds. The zero-order valence-corrected chi connectivity index (χ0v) is 11.4. The van der Waals surface area contributed by atoms with Crippen LogP contribution < -0.4 is 4.72 Å². The molecule has 5 nitrogen and oxygen atoms in total. The highest BCUT2D eigenvalue weighted by atomic mass is 32.2. The van der Waals surface area contributed by atoms with E-state index in [1.807, 2.05) is 7.05 Å². The minimum absolute atomic E-state index is 0.271. The maximum absolute atomic E-state index is 11.6. The molecular formula is C10H23N3O2S. The number of hydrogen-bond acceptors (Lipinski definition) is 4. The third-order valence-electron chi connectivity index (χ3n) is 3.12. The molecule has 0 spiro atoms. The SMILES string of the molecule is CC(C)S(=O)(=O)NCC1CN(C)CCN1C. The Morgan fingerprint density at radius 3 is 2.50 bits per heavy atom. The summed E-state index contributed by atoms with van der Waals surface area (Å²) in [6.45, 7) is 6.84. The summed E-state index contributed by atoms with van der Waals surface area (Å²) in [5.41, 5.74) is 0. The molecule has 6 heteroatoms. The minimum Gasteiger partial charge on any atom is -0.303 e. The predicted octanol–water partition coefficient (Wildman–Crippen LogP) is -0.440. The Morgan fingerprint density at radius 1 is 1.31 bits per heavy atom. The van der Waals surface area contributed by atoms with Crippen molar-refractivity contribution in [2.24, 2.45) is 0 Å². The van der Waals surface area contributed by atoms with Crippen LogP contribution in [0.4, 0.5) is 0 Å². The van der Waals surface area contributed by atoms with Gasteiger partial charge in [-0.2, -0.15) is 0 Å². The fourth-order valence-corrected chi connectivity index (χ4v) is 2.46. The van der Waals surface area contributed by atoms with Crippen LogP contribution in [0.1, 0.15) is 13.8 Å². The fraction of sp³-hybridized carbons (Fsp3) is 1.00. The Bertz CT molecular complexity index is 316. The molecule has 0 aromatic rings. The molecule has 0 bridgehead atoms. The molecule has 1 heterocycles. The van der Waals surface area contributed by atoms with Crippen LogP contribution in [0.25, 0.3) is 0 Å². The summed E-state index contributed by atoms with van der Waals surface area (Å²) in [6, 6.07) is 0.271. The number of nitrogens with one attached hydrogen (secondary N) is 1. The second-order valence-corrected chi connectivity index (χ2v) is 7.16. The van der Waals surface area contributed by atoms with Gasteiger partial charge in [0.1, 0.15) is 0 Å². The van der Waals surface area contributed by atoms with Crippen LogP contribution in [0.15, 0.2) is 0 Å². The van der Waals surface area contributed by atoms with Gasteiger partial charge in [-0.05, 0) is 27.9 Å². The van der Waals surface area contributed by atoms with Crippen LogP contribution in [0.3, 0.4) is 0 Å². The molecule has 0 saturated carbocycles. The van der Waals surface area contributed by atoms with Crippen molar-refractivity contribution in [3.05, 3.63) is 0 Å². The lowest BCUT2D eigenvalue weighted by Gasteiger charge is -2.37. The Labute approximate surface area is 98.8 Å². The van der Waals surface area contributed by atoms with Gasteiger partial charge in [-0.3, -0.25) is 4.90 Å². The average Bonchev–Trinajstić information content (AvgIpc) is 2.19. The summed E-state index contributed by atoms with van der Waals surface area (Å²) in [6.07, 6.45) is 0. The average molecular weight is 249 g/mol. The van der Waals surface area contributed by atoms with Crippen molar-refractivity contribution in [2.45, 2.75) is 25.1 Å². The van der Waals surface area contributed by atoms with E-state index in [1.54, 1.807) is 13.8 Å². The molecule has 1 saturated heterocycles. The van der Waals surface area contributed by atoms with E-state index in [2.05, 4.69) is 21.6 Å². The number of likely N-dealkylation sites (N-methyl/N-ethyl adjacent to an activating group) is 2. The third-order valence-corrected chi connectivity index (χ3v) is 4.93. The van der Waals surface area contributed by atoms with Gasteiger partial charge in [0.15, 0.2) is 0 Å². The summed E-state index contributed by atoms with van der Waals surface area (Å²) < 4.78 is 25.9. The highest BCUT2D eigenvalue weighted by Crippen LogP contribution is 2.06. The molecule has 1 rings (SSSR count). The van der Waals surface area contributed by atoms with E-state index in [0.29, 0.717) is 6.54 Å². The van der Waals surface area contributed by atoms with Gasteiger partial charge in [-0.25, -0.2) is 13.1 Å². The predicted molar refractivity (Wildman–Crippen MR) is 66.0 cm³/mol. The molecule has 0 radical (unpaired) electrons. The second kappa shape index (κ2) is 5.44. The summed E-state index contributed by atoms with van der Waals surface area (Å²) in [4.78, 5) is 4.44. The first-order valence-electron chi connectivity index (χ1n) is 5.70. The molecule has 16 heavy (non-hydrogen) atoms. The Hall–Kier alpha value is -0.170. The van der Waals surface area contributed by atoms with Gasteiger partial charge < -0.3 is 4.90 Å². The molecule has 0 aromatic carbocycles. The molecule has 96 valence electrons. The smallest absolute Gasteiger partial charge is 0.213 e. The quantitative estimate of drug-likeness (QED) is 0.734. The van der Waals surface area contributed by atoms with Crippen LogP contribution in [0, 0.1) is 0 Å². The van der Waals surface area contributed by atoms with E-state index in [-0.39, 0.29) is 11.3 Å². The molecule has 1 atom stereocenters. The van der Waals surface area contributed by atoms with Crippen molar-refractivity contribution in [1.29, 1.82) is 0 Å². The van der Waals surface area contributed by atoms with Gasteiger partial charge in [0, 0.05) is 32.2 Å². The summed E-state index contributed by atoms with van der Waals surface area (Å²) in [5.74, 6) is 0. The molecule has 0 aliphatic carbocycles. The standard InChI is InChI=1S/C10H23N3O2S/c1-9(2)16(14,15)11-7-10-8-12(3)5-6-13(10)4/h9-11H,5-8H2,1-4H3. The van der Waals surface area contributed by atoms with E-state index in [0.717, 1.165) is 19.6 Å². The number of rotatable bonds is 4. The van der Waals surface area contributed by atoms with Crippen molar-refractivity contribution in [1.82, 2.24) is 14.5 Å². The zero-order valence-electron chi connectivity index (χ0n) is 10.6. The summed E-state index contributed by atoms with van der Waals surface area (Å²) in [7, 11) is 0.976. The Morgan fingerprint density at radius 2 is 1.94 bits per heavy atom. The maximum Gasteiger partial charge on any atom is 0.213 e. The first-order valence-corrected chi connectivity index (χ1v) is 7.25. The number of piperazine rings is 1. The lowest BCUT2D eigenvalue weighted by atomic mass is 10.2. The zero-order chi connectivity index (χ0) is 12.3. The first-order chi connectivity index (χ1) is 7.33. The molecule has 1 aliphatic heterocycles. The van der Waals surface area contributed by atoms with Crippen molar-refractivity contribution in [3.8, 4) is 0 Å². The Balaban J connectivity index is 2.48. The molecular weight excluding hydrogens is 226 g/mol. The van der Waals surface area contributed by atoms with Crippen molar-refractivity contribution in [2.75, 3.05) is 40.3 Å². The third kappa shape index (κ3) is 3.69. The highest BCUT2D eigenvalue weighted by Gasteiger charge is 2.24. The fourth-order valence-electron chi connectivity index (χ4n) is 1.70. The van der Waals surface area contributed by atoms with E-state index in [1.165, 1.54) is 0 Å². The van der Waals surface area contributed by atoms with E-state index in [4.69, 9.17) is 0 Å². The number of nitrogens with zero attached hydrogens (tertiary/aromatic N) is 2.